The number of hydrogen-bond donors (Lipinski definition) is 0. The Balaban J connectivity index is 2.03. The summed E-state index contributed by atoms with van der Waals surface area (Å²) in [6.45, 7) is 1.17. The van der Waals surface area contributed by atoms with E-state index in [4.69, 9.17) is 5.26 Å². The Bertz CT molecular complexity index is 165. The van der Waals surface area contributed by atoms with Gasteiger partial charge in [-0.25, -0.2) is 0 Å². The molecule has 0 spiro atoms. The molecule has 0 atom stereocenters. The van der Waals surface area contributed by atoms with E-state index in [1.54, 1.807) is 0 Å². The first-order valence-electron chi connectivity index (χ1n) is 5.42. The second-order valence-corrected chi connectivity index (χ2v) is 4.03. The highest BCUT2D eigenvalue weighted by atomic mass is 15.1. The fraction of sp³-hybridized carbons (Fsp3) is 0.909. The lowest BCUT2D eigenvalue weighted by atomic mass is 10.2. The summed E-state index contributed by atoms with van der Waals surface area (Å²) in [4.78, 5) is 2.48. The Kier molecular flexibility index (Phi) is 4.85. The molecule has 0 unspecified atom stereocenters. The minimum Gasteiger partial charge on any atom is -0.303 e. The van der Waals surface area contributed by atoms with Crippen molar-refractivity contribution in [2.75, 3.05) is 13.6 Å². The molecule has 0 aromatic heterocycles. The van der Waals surface area contributed by atoms with Crippen LogP contribution in [0.5, 0.6) is 0 Å². The van der Waals surface area contributed by atoms with Crippen LogP contribution in [-0.4, -0.2) is 24.5 Å². The van der Waals surface area contributed by atoms with Crippen LogP contribution in [0.3, 0.4) is 0 Å². The van der Waals surface area contributed by atoms with Crippen molar-refractivity contribution in [2.45, 2.75) is 51.0 Å². The lowest BCUT2D eigenvalue weighted by Crippen LogP contribution is -2.29. The fourth-order valence-electron chi connectivity index (χ4n) is 2.09. The minimum absolute atomic E-state index is 0.721. The zero-order valence-corrected chi connectivity index (χ0v) is 8.63. The van der Waals surface area contributed by atoms with Gasteiger partial charge in [-0.1, -0.05) is 12.8 Å². The molecule has 0 aromatic rings. The molecule has 74 valence electrons. The maximum atomic E-state index is 8.38. The van der Waals surface area contributed by atoms with Crippen LogP contribution in [0.2, 0.25) is 0 Å². The van der Waals surface area contributed by atoms with Crippen LogP contribution in [-0.2, 0) is 0 Å². The zero-order chi connectivity index (χ0) is 9.52. The van der Waals surface area contributed by atoms with Gasteiger partial charge in [-0.15, -0.1) is 0 Å². The summed E-state index contributed by atoms with van der Waals surface area (Å²) >= 11 is 0. The summed E-state index contributed by atoms with van der Waals surface area (Å²) in [6, 6.07) is 3.03. The van der Waals surface area contributed by atoms with Gasteiger partial charge >= 0.3 is 0 Å². The van der Waals surface area contributed by atoms with Crippen molar-refractivity contribution in [1.82, 2.24) is 4.90 Å². The summed E-state index contributed by atoms with van der Waals surface area (Å²) in [7, 11) is 2.22. The van der Waals surface area contributed by atoms with Gasteiger partial charge in [-0.3, -0.25) is 0 Å². The maximum Gasteiger partial charge on any atom is 0.0621 e. The highest BCUT2D eigenvalue weighted by molar-refractivity contribution is 4.75. The van der Waals surface area contributed by atoms with Gasteiger partial charge in [0.1, 0.15) is 0 Å². The van der Waals surface area contributed by atoms with E-state index in [1.807, 2.05) is 0 Å². The van der Waals surface area contributed by atoms with Gasteiger partial charge in [0.25, 0.3) is 0 Å². The Morgan fingerprint density at radius 2 is 2.00 bits per heavy atom. The number of hydrogen-bond acceptors (Lipinski definition) is 2. The molecule has 2 nitrogen and oxygen atoms in total. The van der Waals surface area contributed by atoms with E-state index in [1.165, 1.54) is 38.6 Å². The predicted octanol–water partition coefficient (Wildman–Crippen LogP) is 2.55. The number of unbranched alkanes of at least 4 members (excludes halogenated alkanes) is 2. The van der Waals surface area contributed by atoms with Gasteiger partial charge in [0.15, 0.2) is 0 Å². The van der Waals surface area contributed by atoms with Crippen molar-refractivity contribution in [1.29, 1.82) is 5.26 Å². The van der Waals surface area contributed by atoms with Gasteiger partial charge in [-0.05, 0) is 39.3 Å². The number of rotatable bonds is 5. The standard InChI is InChI=1S/C11H20N2/c1-13(10-6-2-5-9-12)11-7-3-4-8-11/h11H,2-8,10H2,1H3. The summed E-state index contributed by atoms with van der Waals surface area (Å²) in [6.07, 6.45) is 8.55. The van der Waals surface area contributed by atoms with E-state index in [0.29, 0.717) is 0 Å². The number of nitriles is 1. The monoisotopic (exact) mass is 180 g/mol. The molecule has 0 amide bonds. The second kappa shape index (κ2) is 5.99. The van der Waals surface area contributed by atoms with Crippen molar-refractivity contribution in [2.24, 2.45) is 0 Å². The molecule has 0 radical (unpaired) electrons. The Hall–Kier alpha value is -0.550. The van der Waals surface area contributed by atoms with Gasteiger partial charge in [-0.2, -0.15) is 5.26 Å². The topological polar surface area (TPSA) is 27.0 Å². The normalized spacial score (nSPS) is 17.9. The summed E-state index contributed by atoms with van der Waals surface area (Å²) in [5, 5.41) is 8.38. The quantitative estimate of drug-likeness (QED) is 0.608. The average molecular weight is 180 g/mol. The fourth-order valence-corrected chi connectivity index (χ4v) is 2.09. The highest BCUT2D eigenvalue weighted by Crippen LogP contribution is 2.22. The molecule has 1 saturated carbocycles. The molecular weight excluding hydrogens is 160 g/mol. The molecule has 0 aliphatic heterocycles. The second-order valence-electron chi connectivity index (χ2n) is 4.03. The molecule has 1 fully saturated rings. The smallest absolute Gasteiger partial charge is 0.0621 e. The molecular formula is C11H20N2. The van der Waals surface area contributed by atoms with Gasteiger partial charge in [0.2, 0.25) is 0 Å². The molecule has 0 saturated heterocycles. The van der Waals surface area contributed by atoms with Crippen LogP contribution in [0.25, 0.3) is 0 Å². The Morgan fingerprint density at radius 3 is 2.62 bits per heavy atom. The first kappa shape index (κ1) is 10.5. The molecule has 0 N–H and O–H groups in total. The number of nitrogens with zero attached hydrogens (tertiary/aromatic N) is 2. The third kappa shape index (κ3) is 3.78. The van der Waals surface area contributed by atoms with Crippen LogP contribution in [0, 0.1) is 11.3 Å². The van der Waals surface area contributed by atoms with E-state index in [0.717, 1.165) is 18.9 Å². The molecule has 13 heavy (non-hydrogen) atoms. The van der Waals surface area contributed by atoms with E-state index >= 15 is 0 Å². The van der Waals surface area contributed by atoms with Crippen LogP contribution >= 0.6 is 0 Å². The lowest BCUT2D eigenvalue weighted by molar-refractivity contribution is 0.241. The van der Waals surface area contributed by atoms with Crippen molar-refractivity contribution < 1.29 is 0 Å². The third-order valence-electron chi connectivity index (χ3n) is 3.00. The highest BCUT2D eigenvalue weighted by Gasteiger charge is 2.18. The van der Waals surface area contributed by atoms with E-state index in [9.17, 15) is 0 Å². The van der Waals surface area contributed by atoms with Gasteiger partial charge in [0.05, 0.1) is 6.07 Å². The SMILES string of the molecule is CN(CCCCC#N)C1CCCC1. The van der Waals surface area contributed by atoms with Gasteiger partial charge in [0, 0.05) is 12.5 Å². The van der Waals surface area contributed by atoms with Gasteiger partial charge < -0.3 is 4.90 Å². The average Bonchev–Trinajstić information content (AvgIpc) is 2.65. The van der Waals surface area contributed by atoms with Crippen LogP contribution < -0.4 is 0 Å². The molecule has 1 aliphatic rings. The largest absolute Gasteiger partial charge is 0.303 e. The van der Waals surface area contributed by atoms with Crippen LogP contribution in [0.4, 0.5) is 0 Å². The zero-order valence-electron chi connectivity index (χ0n) is 8.63. The first-order valence-corrected chi connectivity index (χ1v) is 5.42. The maximum absolute atomic E-state index is 8.38. The predicted molar refractivity (Wildman–Crippen MR) is 54.4 cm³/mol. The van der Waals surface area contributed by atoms with Crippen molar-refractivity contribution in [3.05, 3.63) is 0 Å². The Labute approximate surface area is 81.5 Å². The molecule has 0 aromatic carbocycles. The molecule has 2 heteroatoms. The van der Waals surface area contributed by atoms with E-state index in [2.05, 4.69) is 18.0 Å². The van der Waals surface area contributed by atoms with E-state index < -0.39 is 0 Å². The minimum atomic E-state index is 0.721. The third-order valence-corrected chi connectivity index (χ3v) is 3.00. The molecule has 1 aliphatic carbocycles. The van der Waals surface area contributed by atoms with Crippen molar-refractivity contribution in [3.63, 3.8) is 0 Å². The molecule has 0 bridgehead atoms. The Morgan fingerprint density at radius 1 is 1.31 bits per heavy atom. The summed E-state index contributed by atoms with van der Waals surface area (Å²) < 4.78 is 0. The summed E-state index contributed by atoms with van der Waals surface area (Å²) in [5.41, 5.74) is 0. The molecule has 1 rings (SSSR count). The lowest BCUT2D eigenvalue weighted by Gasteiger charge is -2.23. The van der Waals surface area contributed by atoms with Crippen LogP contribution in [0.1, 0.15) is 44.9 Å². The van der Waals surface area contributed by atoms with Crippen molar-refractivity contribution >= 4 is 0 Å². The summed E-state index contributed by atoms with van der Waals surface area (Å²) in [5.74, 6) is 0. The first-order chi connectivity index (χ1) is 6.34. The molecule has 0 heterocycles. The van der Waals surface area contributed by atoms with Crippen LogP contribution in [0.15, 0.2) is 0 Å². The van der Waals surface area contributed by atoms with Crippen molar-refractivity contribution in [3.8, 4) is 6.07 Å². The van der Waals surface area contributed by atoms with E-state index in [-0.39, 0.29) is 0 Å².